The summed E-state index contributed by atoms with van der Waals surface area (Å²) < 4.78 is 13.2. The molecule has 0 saturated heterocycles. The van der Waals surface area contributed by atoms with Gasteiger partial charge in [0.2, 0.25) is 0 Å². The van der Waals surface area contributed by atoms with E-state index in [2.05, 4.69) is 10.9 Å². The molecule has 0 saturated carbocycles. The lowest BCUT2D eigenvalue weighted by Gasteiger charge is -2.13. The van der Waals surface area contributed by atoms with Gasteiger partial charge < -0.3 is 14.0 Å². The van der Waals surface area contributed by atoms with Gasteiger partial charge in [0.05, 0.1) is 12.7 Å². The molecule has 0 bridgehead atoms. The van der Waals surface area contributed by atoms with Crippen LogP contribution in [0.4, 0.5) is 0 Å². The van der Waals surface area contributed by atoms with Gasteiger partial charge in [-0.3, -0.25) is 20.4 Å². The number of aromatic nitrogens is 1. The molecule has 0 atom stereocenters. The van der Waals surface area contributed by atoms with E-state index in [1.165, 1.54) is 7.11 Å². The molecule has 7 nitrogen and oxygen atoms in total. The highest BCUT2D eigenvalue weighted by Gasteiger charge is 2.18. The Bertz CT molecular complexity index is 1400. The average Bonchev–Trinajstić information content (AvgIpc) is 3.20. The van der Waals surface area contributed by atoms with Gasteiger partial charge in [-0.25, -0.2) is 0 Å². The zero-order valence-electron chi connectivity index (χ0n) is 20.2. The Balaban J connectivity index is 1.42. The zero-order valence-corrected chi connectivity index (χ0v) is 20.9. The average molecular weight is 504 g/mol. The predicted molar refractivity (Wildman–Crippen MR) is 139 cm³/mol. The van der Waals surface area contributed by atoms with Gasteiger partial charge in [0.25, 0.3) is 11.8 Å². The van der Waals surface area contributed by atoms with Crippen molar-refractivity contribution in [3.05, 3.63) is 112 Å². The van der Waals surface area contributed by atoms with Crippen LogP contribution in [0.3, 0.4) is 0 Å². The molecule has 184 valence electrons. The number of amides is 2. The molecule has 0 radical (unpaired) electrons. The molecule has 0 aliphatic heterocycles. The zero-order chi connectivity index (χ0) is 25.7. The second kappa shape index (κ2) is 11.0. The number of nitrogens with one attached hydrogen (secondary N) is 2. The Morgan fingerprint density at radius 1 is 0.861 bits per heavy atom. The molecular weight excluding hydrogens is 478 g/mol. The number of para-hydroxylation sites is 1. The van der Waals surface area contributed by atoms with Crippen molar-refractivity contribution < 1.29 is 19.1 Å². The van der Waals surface area contributed by atoms with Crippen LogP contribution in [0.2, 0.25) is 5.02 Å². The summed E-state index contributed by atoms with van der Waals surface area (Å²) in [6.07, 6.45) is 0. The van der Waals surface area contributed by atoms with Gasteiger partial charge in [-0.1, -0.05) is 48.0 Å². The summed E-state index contributed by atoms with van der Waals surface area (Å²) in [4.78, 5) is 25.5. The van der Waals surface area contributed by atoms with Crippen molar-refractivity contribution in [2.45, 2.75) is 20.5 Å². The summed E-state index contributed by atoms with van der Waals surface area (Å²) in [6.45, 7) is 4.04. The van der Waals surface area contributed by atoms with Crippen molar-refractivity contribution in [1.82, 2.24) is 15.4 Å². The van der Waals surface area contributed by atoms with E-state index in [1.807, 2.05) is 66.9 Å². The van der Waals surface area contributed by atoms with E-state index >= 15 is 0 Å². The van der Waals surface area contributed by atoms with Crippen LogP contribution in [-0.4, -0.2) is 23.5 Å². The maximum Gasteiger partial charge on any atom is 0.271 e. The lowest BCUT2D eigenvalue weighted by Crippen LogP contribution is -2.41. The topological polar surface area (TPSA) is 81.6 Å². The van der Waals surface area contributed by atoms with Crippen LogP contribution in [0.1, 0.15) is 37.7 Å². The van der Waals surface area contributed by atoms with Crippen molar-refractivity contribution in [1.29, 1.82) is 0 Å². The molecule has 0 aliphatic carbocycles. The van der Waals surface area contributed by atoms with Crippen LogP contribution in [0.5, 0.6) is 11.5 Å². The minimum Gasteiger partial charge on any atom is -0.493 e. The predicted octanol–water partition coefficient (Wildman–Crippen LogP) is 5.41. The molecule has 0 aliphatic rings. The smallest absolute Gasteiger partial charge is 0.271 e. The van der Waals surface area contributed by atoms with Gasteiger partial charge in [-0.2, -0.15) is 0 Å². The van der Waals surface area contributed by atoms with E-state index in [-0.39, 0.29) is 6.61 Å². The molecule has 8 heteroatoms. The molecule has 1 heterocycles. The maximum absolute atomic E-state index is 12.8. The summed E-state index contributed by atoms with van der Waals surface area (Å²) >= 11 is 6.19. The van der Waals surface area contributed by atoms with E-state index in [0.717, 1.165) is 22.6 Å². The fourth-order valence-corrected chi connectivity index (χ4v) is 4.11. The first kappa shape index (κ1) is 24.9. The van der Waals surface area contributed by atoms with Crippen LogP contribution in [-0.2, 0) is 6.61 Å². The van der Waals surface area contributed by atoms with Gasteiger partial charge in [0.1, 0.15) is 6.61 Å². The maximum atomic E-state index is 12.8. The minimum atomic E-state index is -0.490. The lowest BCUT2D eigenvalue weighted by molar-refractivity contribution is 0.0846. The number of rotatable bonds is 7. The molecule has 0 spiro atoms. The van der Waals surface area contributed by atoms with Gasteiger partial charge >= 0.3 is 0 Å². The largest absolute Gasteiger partial charge is 0.493 e. The Morgan fingerprint density at radius 3 is 2.28 bits per heavy atom. The molecule has 36 heavy (non-hydrogen) atoms. The highest BCUT2D eigenvalue weighted by Crippen LogP contribution is 2.29. The van der Waals surface area contributed by atoms with Crippen LogP contribution < -0.4 is 20.3 Å². The SMILES string of the molecule is COc1cc(C(=O)NNC(=O)c2cc(C)n(-c3ccccc3)c2C)ccc1OCc1ccccc1Cl. The Hall–Kier alpha value is -4.23. The van der Waals surface area contributed by atoms with E-state index in [1.54, 1.807) is 30.3 Å². The normalized spacial score (nSPS) is 10.6. The van der Waals surface area contributed by atoms with Gasteiger partial charge in [0.15, 0.2) is 11.5 Å². The first-order chi connectivity index (χ1) is 17.4. The van der Waals surface area contributed by atoms with E-state index in [0.29, 0.717) is 27.6 Å². The number of halogens is 1. The second-order valence-corrected chi connectivity index (χ2v) is 8.52. The third-order valence-corrected chi connectivity index (χ3v) is 6.12. The number of carbonyl (C=O) groups is 2. The standard InChI is InChI=1S/C28H26ClN3O4/c1-18-15-23(19(2)32(18)22-10-5-4-6-11-22)28(34)31-30-27(33)20-13-14-25(26(16-20)35-3)36-17-21-9-7-8-12-24(21)29/h4-16H,17H2,1-3H3,(H,30,33)(H,31,34). The quantitative estimate of drug-likeness (QED) is 0.330. The highest BCUT2D eigenvalue weighted by molar-refractivity contribution is 6.31. The molecule has 0 fully saturated rings. The Kier molecular flexibility index (Phi) is 7.61. The monoisotopic (exact) mass is 503 g/mol. The lowest BCUT2D eigenvalue weighted by atomic mass is 10.2. The summed E-state index contributed by atoms with van der Waals surface area (Å²) in [7, 11) is 1.49. The van der Waals surface area contributed by atoms with Gasteiger partial charge in [0, 0.05) is 33.2 Å². The van der Waals surface area contributed by atoms with Gasteiger partial charge in [-0.05, 0) is 56.3 Å². The fraction of sp³-hybridized carbons (Fsp3) is 0.143. The summed E-state index contributed by atoms with van der Waals surface area (Å²) in [5.74, 6) is -0.0553. The minimum absolute atomic E-state index is 0.249. The number of benzene rings is 3. The number of carbonyl (C=O) groups excluding carboxylic acids is 2. The van der Waals surface area contributed by atoms with E-state index < -0.39 is 11.8 Å². The summed E-state index contributed by atoms with van der Waals surface area (Å²) in [6, 6.07) is 23.7. The number of nitrogens with zero attached hydrogens (tertiary/aromatic N) is 1. The highest BCUT2D eigenvalue weighted by atomic mass is 35.5. The van der Waals surface area contributed by atoms with Crippen molar-refractivity contribution in [3.63, 3.8) is 0 Å². The van der Waals surface area contributed by atoms with Crippen molar-refractivity contribution in [2.75, 3.05) is 7.11 Å². The number of aryl methyl sites for hydroxylation is 1. The first-order valence-electron chi connectivity index (χ1n) is 11.3. The summed E-state index contributed by atoms with van der Waals surface area (Å²) in [5, 5.41) is 0.604. The molecule has 2 N–H and O–H groups in total. The number of hydrazine groups is 1. The molecule has 3 aromatic carbocycles. The second-order valence-electron chi connectivity index (χ2n) is 8.11. The van der Waals surface area contributed by atoms with Crippen LogP contribution in [0.15, 0.2) is 78.9 Å². The third kappa shape index (κ3) is 5.37. The van der Waals surface area contributed by atoms with Crippen LogP contribution in [0.25, 0.3) is 5.69 Å². The molecule has 0 unspecified atom stereocenters. The van der Waals surface area contributed by atoms with Crippen molar-refractivity contribution >= 4 is 23.4 Å². The Labute approximate surface area is 214 Å². The molecule has 4 rings (SSSR count). The molecular formula is C28H26ClN3O4. The van der Waals surface area contributed by atoms with Crippen molar-refractivity contribution in [2.24, 2.45) is 0 Å². The van der Waals surface area contributed by atoms with Crippen LogP contribution >= 0.6 is 11.6 Å². The third-order valence-electron chi connectivity index (χ3n) is 5.75. The molecule has 1 aromatic heterocycles. The van der Waals surface area contributed by atoms with Crippen LogP contribution in [0, 0.1) is 13.8 Å². The van der Waals surface area contributed by atoms with Gasteiger partial charge in [-0.15, -0.1) is 0 Å². The Morgan fingerprint density at radius 2 is 1.56 bits per heavy atom. The number of hydrogen-bond acceptors (Lipinski definition) is 4. The first-order valence-corrected chi connectivity index (χ1v) is 11.7. The molecule has 4 aromatic rings. The van der Waals surface area contributed by atoms with E-state index in [4.69, 9.17) is 21.1 Å². The van der Waals surface area contributed by atoms with Crippen molar-refractivity contribution in [3.8, 4) is 17.2 Å². The van der Waals surface area contributed by atoms with E-state index in [9.17, 15) is 9.59 Å². The number of methoxy groups -OCH3 is 1. The fourth-order valence-electron chi connectivity index (χ4n) is 3.92. The molecule has 2 amide bonds. The number of ether oxygens (including phenoxy) is 2. The number of hydrogen-bond donors (Lipinski definition) is 2. The summed E-state index contributed by atoms with van der Waals surface area (Å²) in [5.41, 5.74) is 9.20.